The van der Waals surface area contributed by atoms with Crippen molar-refractivity contribution in [2.75, 3.05) is 13.6 Å². The van der Waals surface area contributed by atoms with Crippen LogP contribution in [0.1, 0.15) is 24.9 Å². The summed E-state index contributed by atoms with van der Waals surface area (Å²) in [6.07, 6.45) is 2.24. The summed E-state index contributed by atoms with van der Waals surface area (Å²) >= 11 is 0. The van der Waals surface area contributed by atoms with E-state index in [1.165, 1.54) is 6.42 Å². The van der Waals surface area contributed by atoms with Gasteiger partial charge in [0.1, 0.15) is 11.5 Å². The molecule has 0 bridgehead atoms. The maximum absolute atomic E-state index is 5.53. The Kier molecular flexibility index (Phi) is 4.03. The Labute approximate surface area is 80.3 Å². The standard InChI is InChI=1S/C11H19NO/c1-4-10(8-12-3)7-11-6-5-9(2)13-11/h5-6,10,12H,4,7-8H2,1-3H3. The van der Waals surface area contributed by atoms with Gasteiger partial charge >= 0.3 is 0 Å². The lowest BCUT2D eigenvalue weighted by Gasteiger charge is -2.11. The van der Waals surface area contributed by atoms with Gasteiger partial charge in [0, 0.05) is 6.42 Å². The molecular weight excluding hydrogens is 162 g/mol. The molecule has 0 aromatic carbocycles. The molecule has 0 aliphatic carbocycles. The minimum absolute atomic E-state index is 0.690. The molecule has 0 amide bonds. The first-order chi connectivity index (χ1) is 6.26. The van der Waals surface area contributed by atoms with Gasteiger partial charge in [-0.1, -0.05) is 13.3 Å². The smallest absolute Gasteiger partial charge is 0.104 e. The Morgan fingerprint density at radius 3 is 2.69 bits per heavy atom. The van der Waals surface area contributed by atoms with Crippen molar-refractivity contribution < 1.29 is 4.42 Å². The summed E-state index contributed by atoms with van der Waals surface area (Å²) in [7, 11) is 2.00. The number of nitrogens with one attached hydrogen (secondary N) is 1. The van der Waals surface area contributed by atoms with E-state index < -0.39 is 0 Å². The highest BCUT2D eigenvalue weighted by Gasteiger charge is 2.08. The number of hydrogen-bond acceptors (Lipinski definition) is 2. The van der Waals surface area contributed by atoms with Crippen LogP contribution in [-0.4, -0.2) is 13.6 Å². The maximum atomic E-state index is 5.53. The number of furan rings is 1. The molecule has 0 saturated heterocycles. The largest absolute Gasteiger partial charge is 0.466 e. The van der Waals surface area contributed by atoms with E-state index >= 15 is 0 Å². The molecule has 0 aliphatic rings. The fourth-order valence-corrected chi connectivity index (χ4v) is 1.53. The Morgan fingerprint density at radius 1 is 1.46 bits per heavy atom. The number of hydrogen-bond donors (Lipinski definition) is 1. The zero-order valence-corrected chi connectivity index (χ0v) is 8.76. The second-order valence-corrected chi connectivity index (χ2v) is 3.55. The van der Waals surface area contributed by atoms with Crippen molar-refractivity contribution in [3.05, 3.63) is 23.7 Å². The van der Waals surface area contributed by atoms with Crippen LogP contribution < -0.4 is 5.32 Å². The first kappa shape index (κ1) is 10.3. The lowest BCUT2D eigenvalue weighted by Crippen LogP contribution is -2.19. The van der Waals surface area contributed by atoms with E-state index in [0.717, 1.165) is 24.5 Å². The van der Waals surface area contributed by atoms with E-state index in [0.29, 0.717) is 5.92 Å². The number of aryl methyl sites for hydroxylation is 1. The highest BCUT2D eigenvalue weighted by Crippen LogP contribution is 2.14. The highest BCUT2D eigenvalue weighted by atomic mass is 16.3. The van der Waals surface area contributed by atoms with Gasteiger partial charge in [0.25, 0.3) is 0 Å². The molecular formula is C11H19NO. The zero-order valence-electron chi connectivity index (χ0n) is 8.76. The molecule has 1 rings (SSSR count). The van der Waals surface area contributed by atoms with Crippen molar-refractivity contribution in [2.45, 2.75) is 26.7 Å². The molecule has 13 heavy (non-hydrogen) atoms. The molecule has 0 aliphatic heterocycles. The van der Waals surface area contributed by atoms with Crippen LogP contribution in [0.15, 0.2) is 16.5 Å². The second kappa shape index (κ2) is 5.07. The molecule has 1 heterocycles. The molecule has 0 spiro atoms. The monoisotopic (exact) mass is 181 g/mol. The van der Waals surface area contributed by atoms with Gasteiger partial charge in [-0.05, 0) is 38.6 Å². The second-order valence-electron chi connectivity index (χ2n) is 3.55. The first-order valence-corrected chi connectivity index (χ1v) is 4.96. The summed E-state index contributed by atoms with van der Waals surface area (Å²) in [6, 6.07) is 4.11. The number of rotatable bonds is 5. The third-order valence-electron chi connectivity index (χ3n) is 2.36. The summed E-state index contributed by atoms with van der Waals surface area (Å²) in [4.78, 5) is 0. The predicted molar refractivity (Wildman–Crippen MR) is 54.9 cm³/mol. The zero-order chi connectivity index (χ0) is 9.68. The topological polar surface area (TPSA) is 25.2 Å². The highest BCUT2D eigenvalue weighted by molar-refractivity contribution is 5.06. The van der Waals surface area contributed by atoms with E-state index in [1.54, 1.807) is 0 Å². The molecule has 0 saturated carbocycles. The van der Waals surface area contributed by atoms with Gasteiger partial charge in [-0.3, -0.25) is 0 Å². The average molecular weight is 181 g/mol. The summed E-state index contributed by atoms with van der Waals surface area (Å²) in [5.74, 6) is 2.81. The fourth-order valence-electron chi connectivity index (χ4n) is 1.53. The van der Waals surface area contributed by atoms with Gasteiger partial charge < -0.3 is 9.73 Å². The molecule has 1 unspecified atom stereocenters. The SMILES string of the molecule is CCC(CNC)Cc1ccc(C)o1. The molecule has 1 aromatic rings. The normalized spacial score (nSPS) is 13.2. The van der Waals surface area contributed by atoms with Crippen LogP contribution in [0.4, 0.5) is 0 Å². The van der Waals surface area contributed by atoms with E-state index in [4.69, 9.17) is 4.42 Å². The molecule has 2 nitrogen and oxygen atoms in total. The van der Waals surface area contributed by atoms with Crippen LogP contribution in [0, 0.1) is 12.8 Å². The van der Waals surface area contributed by atoms with Crippen LogP contribution in [0.3, 0.4) is 0 Å². The fraction of sp³-hybridized carbons (Fsp3) is 0.636. The van der Waals surface area contributed by atoms with Crippen LogP contribution in [0.25, 0.3) is 0 Å². The summed E-state index contributed by atoms with van der Waals surface area (Å²) in [6.45, 7) is 5.27. The Balaban J connectivity index is 2.46. The first-order valence-electron chi connectivity index (χ1n) is 4.96. The molecule has 74 valence electrons. The Morgan fingerprint density at radius 2 is 2.23 bits per heavy atom. The third-order valence-corrected chi connectivity index (χ3v) is 2.36. The van der Waals surface area contributed by atoms with Gasteiger partial charge in [0.05, 0.1) is 0 Å². The van der Waals surface area contributed by atoms with Gasteiger partial charge in [0.2, 0.25) is 0 Å². The molecule has 0 radical (unpaired) electrons. The lowest BCUT2D eigenvalue weighted by molar-refractivity contribution is 0.409. The van der Waals surface area contributed by atoms with Crippen molar-refractivity contribution in [2.24, 2.45) is 5.92 Å². The van der Waals surface area contributed by atoms with Crippen molar-refractivity contribution in [3.63, 3.8) is 0 Å². The molecule has 1 N–H and O–H groups in total. The average Bonchev–Trinajstić information content (AvgIpc) is 2.50. The van der Waals surface area contributed by atoms with Crippen LogP contribution in [0.2, 0.25) is 0 Å². The summed E-state index contributed by atoms with van der Waals surface area (Å²) in [5.41, 5.74) is 0. The predicted octanol–water partition coefficient (Wildman–Crippen LogP) is 2.38. The van der Waals surface area contributed by atoms with Crippen molar-refractivity contribution in [1.29, 1.82) is 0 Å². The van der Waals surface area contributed by atoms with Crippen molar-refractivity contribution >= 4 is 0 Å². The molecule has 1 atom stereocenters. The van der Waals surface area contributed by atoms with Crippen LogP contribution in [0.5, 0.6) is 0 Å². The molecule has 0 fully saturated rings. The maximum Gasteiger partial charge on any atom is 0.104 e. The van der Waals surface area contributed by atoms with Gasteiger partial charge in [-0.2, -0.15) is 0 Å². The van der Waals surface area contributed by atoms with Crippen LogP contribution in [-0.2, 0) is 6.42 Å². The summed E-state index contributed by atoms with van der Waals surface area (Å²) in [5, 5.41) is 3.20. The van der Waals surface area contributed by atoms with Crippen molar-refractivity contribution in [1.82, 2.24) is 5.32 Å². The van der Waals surface area contributed by atoms with E-state index in [9.17, 15) is 0 Å². The van der Waals surface area contributed by atoms with E-state index in [1.807, 2.05) is 20.0 Å². The van der Waals surface area contributed by atoms with Gasteiger partial charge in [-0.15, -0.1) is 0 Å². The van der Waals surface area contributed by atoms with Gasteiger partial charge in [0.15, 0.2) is 0 Å². The molecule has 1 aromatic heterocycles. The molecule has 2 heteroatoms. The minimum atomic E-state index is 0.690. The van der Waals surface area contributed by atoms with Crippen LogP contribution >= 0.6 is 0 Å². The van der Waals surface area contributed by atoms with Gasteiger partial charge in [-0.25, -0.2) is 0 Å². The Hall–Kier alpha value is -0.760. The lowest BCUT2D eigenvalue weighted by atomic mass is 10.0. The van der Waals surface area contributed by atoms with E-state index in [2.05, 4.69) is 18.3 Å². The minimum Gasteiger partial charge on any atom is -0.466 e. The quantitative estimate of drug-likeness (QED) is 0.754. The van der Waals surface area contributed by atoms with Crippen molar-refractivity contribution in [3.8, 4) is 0 Å². The Bertz CT molecular complexity index is 242. The van der Waals surface area contributed by atoms with E-state index in [-0.39, 0.29) is 0 Å². The summed E-state index contributed by atoms with van der Waals surface area (Å²) < 4.78 is 5.53. The third kappa shape index (κ3) is 3.23.